The molecule has 25 heavy (non-hydrogen) atoms. The van der Waals surface area contributed by atoms with Crippen molar-refractivity contribution in [3.05, 3.63) is 72.5 Å². The summed E-state index contributed by atoms with van der Waals surface area (Å²) in [5, 5.41) is 3.45. The number of hydrogen-bond acceptors (Lipinski definition) is 5. The third-order valence-electron chi connectivity index (χ3n) is 3.97. The SMILES string of the molecule is CCOC(=O)C1=C(C)Nc2[nH]c(=O)[nH]c(=O)c2[C@H]1c1ccc(Cl)cc1. The van der Waals surface area contributed by atoms with Gasteiger partial charge < -0.3 is 10.1 Å². The van der Waals surface area contributed by atoms with E-state index in [1.165, 1.54) is 0 Å². The van der Waals surface area contributed by atoms with Crippen LogP contribution in [0.25, 0.3) is 0 Å². The van der Waals surface area contributed by atoms with Gasteiger partial charge in [-0.05, 0) is 31.5 Å². The van der Waals surface area contributed by atoms with Crippen molar-refractivity contribution >= 4 is 23.4 Å². The summed E-state index contributed by atoms with van der Waals surface area (Å²) in [7, 11) is 0. The van der Waals surface area contributed by atoms with E-state index in [2.05, 4.69) is 15.3 Å². The first kappa shape index (κ1) is 17.0. The molecular formula is C17H16ClN3O4. The number of carbonyl (C=O) groups is 1. The summed E-state index contributed by atoms with van der Waals surface area (Å²) in [6.07, 6.45) is 0. The van der Waals surface area contributed by atoms with Crippen molar-refractivity contribution in [2.75, 3.05) is 11.9 Å². The molecule has 2 aromatic rings. The highest BCUT2D eigenvalue weighted by Gasteiger charge is 2.35. The average molecular weight is 362 g/mol. The number of aromatic nitrogens is 2. The zero-order valence-electron chi connectivity index (χ0n) is 13.6. The Kier molecular flexibility index (Phi) is 4.50. The summed E-state index contributed by atoms with van der Waals surface area (Å²) in [4.78, 5) is 41.3. The van der Waals surface area contributed by atoms with Gasteiger partial charge in [-0.2, -0.15) is 0 Å². The van der Waals surface area contributed by atoms with E-state index in [1.807, 2.05) is 0 Å². The molecular weight excluding hydrogens is 346 g/mol. The maximum Gasteiger partial charge on any atom is 0.336 e. The lowest BCUT2D eigenvalue weighted by molar-refractivity contribution is -0.138. The van der Waals surface area contributed by atoms with E-state index in [0.29, 0.717) is 21.9 Å². The Labute approximate surface area is 147 Å². The molecule has 0 saturated carbocycles. The van der Waals surface area contributed by atoms with Crippen LogP contribution in [0, 0.1) is 0 Å². The summed E-state index contributed by atoms with van der Waals surface area (Å²) in [5.41, 5.74) is 0.558. The Morgan fingerprint density at radius 3 is 2.52 bits per heavy atom. The van der Waals surface area contributed by atoms with E-state index in [9.17, 15) is 14.4 Å². The Morgan fingerprint density at radius 2 is 1.88 bits per heavy atom. The topological polar surface area (TPSA) is 104 Å². The second-order valence-electron chi connectivity index (χ2n) is 5.57. The van der Waals surface area contributed by atoms with E-state index in [-0.39, 0.29) is 18.0 Å². The lowest BCUT2D eigenvalue weighted by atomic mass is 9.82. The van der Waals surface area contributed by atoms with Crippen LogP contribution in [0.1, 0.15) is 30.9 Å². The molecule has 0 unspecified atom stereocenters. The highest BCUT2D eigenvalue weighted by Crippen LogP contribution is 2.39. The predicted octanol–water partition coefficient (Wildman–Crippen LogP) is 2.11. The number of aromatic amines is 2. The molecule has 1 atom stereocenters. The van der Waals surface area contributed by atoms with Crippen LogP contribution in [-0.4, -0.2) is 22.5 Å². The van der Waals surface area contributed by atoms with Crippen molar-refractivity contribution < 1.29 is 9.53 Å². The Morgan fingerprint density at radius 1 is 1.20 bits per heavy atom. The largest absolute Gasteiger partial charge is 0.463 e. The van der Waals surface area contributed by atoms with Gasteiger partial charge in [0.1, 0.15) is 5.82 Å². The zero-order chi connectivity index (χ0) is 18.1. The number of ether oxygens (including phenoxy) is 1. The van der Waals surface area contributed by atoms with E-state index in [1.54, 1.807) is 38.1 Å². The second-order valence-corrected chi connectivity index (χ2v) is 6.00. The summed E-state index contributed by atoms with van der Waals surface area (Å²) >= 11 is 5.95. The van der Waals surface area contributed by atoms with Crippen molar-refractivity contribution in [3.8, 4) is 0 Å². The van der Waals surface area contributed by atoms with Crippen molar-refractivity contribution in [1.82, 2.24) is 9.97 Å². The van der Waals surface area contributed by atoms with Crippen LogP contribution >= 0.6 is 11.6 Å². The molecule has 8 heteroatoms. The Hall–Kier alpha value is -2.80. The molecule has 2 heterocycles. The molecule has 0 spiro atoms. The van der Waals surface area contributed by atoms with Crippen LogP contribution in [-0.2, 0) is 9.53 Å². The summed E-state index contributed by atoms with van der Waals surface area (Å²) in [6, 6.07) is 6.82. The lowest BCUT2D eigenvalue weighted by Gasteiger charge is -2.28. The number of H-pyrrole nitrogens is 2. The maximum atomic E-state index is 12.5. The number of benzene rings is 1. The molecule has 1 aromatic carbocycles. The van der Waals surface area contributed by atoms with Crippen LogP contribution in [0.15, 0.2) is 45.1 Å². The van der Waals surface area contributed by atoms with Crippen LogP contribution in [0.2, 0.25) is 5.02 Å². The number of fused-ring (bicyclic) bond motifs is 1. The van der Waals surface area contributed by atoms with Crippen molar-refractivity contribution in [2.45, 2.75) is 19.8 Å². The number of carbonyl (C=O) groups excluding carboxylic acids is 1. The van der Waals surface area contributed by atoms with Crippen molar-refractivity contribution in [3.63, 3.8) is 0 Å². The number of allylic oxidation sites excluding steroid dienone is 1. The fraction of sp³-hybridized carbons (Fsp3) is 0.235. The normalized spacial score (nSPS) is 16.2. The third-order valence-corrected chi connectivity index (χ3v) is 4.22. The van der Waals surface area contributed by atoms with Gasteiger partial charge in [0, 0.05) is 10.7 Å². The Balaban J connectivity index is 2.27. The van der Waals surface area contributed by atoms with E-state index >= 15 is 0 Å². The third kappa shape index (κ3) is 3.10. The number of anilines is 1. The molecule has 0 bridgehead atoms. The maximum absolute atomic E-state index is 12.5. The number of esters is 1. The minimum absolute atomic E-state index is 0.206. The number of rotatable bonds is 3. The predicted molar refractivity (Wildman–Crippen MR) is 93.9 cm³/mol. The lowest BCUT2D eigenvalue weighted by Crippen LogP contribution is -2.34. The van der Waals surface area contributed by atoms with E-state index < -0.39 is 23.1 Å². The van der Waals surface area contributed by atoms with E-state index in [0.717, 1.165) is 0 Å². The number of hydrogen-bond donors (Lipinski definition) is 3. The van der Waals surface area contributed by atoms with Gasteiger partial charge in [0.25, 0.3) is 5.56 Å². The molecule has 3 N–H and O–H groups in total. The fourth-order valence-corrected chi connectivity index (χ4v) is 3.08. The first-order chi connectivity index (χ1) is 11.9. The zero-order valence-corrected chi connectivity index (χ0v) is 14.4. The molecule has 0 amide bonds. The summed E-state index contributed by atoms with van der Waals surface area (Å²) in [5.74, 6) is -0.948. The van der Waals surface area contributed by atoms with Gasteiger partial charge >= 0.3 is 11.7 Å². The van der Waals surface area contributed by atoms with Crippen LogP contribution in [0.4, 0.5) is 5.82 Å². The summed E-state index contributed by atoms with van der Waals surface area (Å²) in [6.45, 7) is 3.61. The molecule has 0 aliphatic carbocycles. The molecule has 3 rings (SSSR count). The molecule has 0 radical (unpaired) electrons. The van der Waals surface area contributed by atoms with Crippen LogP contribution in [0.3, 0.4) is 0 Å². The van der Waals surface area contributed by atoms with Gasteiger partial charge in [-0.15, -0.1) is 0 Å². The monoisotopic (exact) mass is 361 g/mol. The van der Waals surface area contributed by atoms with Gasteiger partial charge in [0.15, 0.2) is 0 Å². The molecule has 0 fully saturated rings. The minimum atomic E-state index is -0.687. The Bertz CT molecular complexity index is 973. The van der Waals surface area contributed by atoms with Crippen molar-refractivity contribution in [2.24, 2.45) is 0 Å². The first-order valence-corrected chi connectivity index (χ1v) is 8.07. The smallest absolute Gasteiger partial charge is 0.336 e. The highest BCUT2D eigenvalue weighted by atomic mass is 35.5. The van der Waals surface area contributed by atoms with E-state index in [4.69, 9.17) is 16.3 Å². The average Bonchev–Trinajstić information content (AvgIpc) is 2.54. The highest BCUT2D eigenvalue weighted by molar-refractivity contribution is 6.30. The standard InChI is InChI=1S/C17H16ClN3O4/c1-3-25-16(23)11-8(2)19-14-13(15(22)21-17(24)20-14)12(11)9-4-6-10(18)7-5-9/h4-7,12H,3H2,1-2H3,(H3,19,20,21,22,24)/t12-/m0/s1. The first-order valence-electron chi connectivity index (χ1n) is 7.69. The van der Waals surface area contributed by atoms with Gasteiger partial charge in [-0.25, -0.2) is 9.59 Å². The van der Waals surface area contributed by atoms with Gasteiger partial charge in [0.2, 0.25) is 0 Å². The molecule has 7 nitrogen and oxygen atoms in total. The molecule has 0 saturated heterocycles. The van der Waals surface area contributed by atoms with Gasteiger partial charge in [0.05, 0.1) is 23.7 Å². The van der Waals surface area contributed by atoms with Crippen LogP contribution < -0.4 is 16.6 Å². The van der Waals surface area contributed by atoms with Crippen LogP contribution in [0.5, 0.6) is 0 Å². The van der Waals surface area contributed by atoms with Crippen molar-refractivity contribution in [1.29, 1.82) is 0 Å². The van der Waals surface area contributed by atoms with Gasteiger partial charge in [-0.3, -0.25) is 14.8 Å². The molecule has 1 aliphatic heterocycles. The molecule has 1 aliphatic rings. The second kappa shape index (κ2) is 6.60. The minimum Gasteiger partial charge on any atom is -0.463 e. The van der Waals surface area contributed by atoms with Gasteiger partial charge in [-0.1, -0.05) is 23.7 Å². The summed E-state index contributed by atoms with van der Waals surface area (Å²) < 4.78 is 5.16. The number of nitrogens with one attached hydrogen (secondary N) is 3. The fourth-order valence-electron chi connectivity index (χ4n) is 2.95. The number of halogens is 1. The quantitative estimate of drug-likeness (QED) is 0.726. The molecule has 130 valence electrons. The molecule has 1 aromatic heterocycles.